The van der Waals surface area contributed by atoms with E-state index >= 15 is 0 Å². The predicted octanol–water partition coefficient (Wildman–Crippen LogP) is 4.06. The highest BCUT2D eigenvalue weighted by Gasteiger charge is 2.15. The molecule has 2 rings (SSSR count). The van der Waals surface area contributed by atoms with Crippen LogP contribution in [-0.4, -0.2) is 32.0 Å². The molecule has 0 spiro atoms. The summed E-state index contributed by atoms with van der Waals surface area (Å²) in [6, 6.07) is 11.3. The largest absolute Gasteiger partial charge is 0.493 e. The smallest absolute Gasteiger partial charge is 0.264 e. The molecule has 7 heteroatoms. The number of carbonyl (C=O) groups is 1. The van der Waals surface area contributed by atoms with Gasteiger partial charge in [-0.1, -0.05) is 29.8 Å². The minimum absolute atomic E-state index is 0.0273. The molecule has 0 heterocycles. The van der Waals surface area contributed by atoms with Crippen LogP contribution in [-0.2, 0) is 11.4 Å². The summed E-state index contributed by atoms with van der Waals surface area (Å²) in [4.78, 5) is 13.3. The molecule has 0 aromatic heterocycles. The molecule has 0 atom stereocenters. The van der Waals surface area contributed by atoms with Crippen LogP contribution in [0.25, 0.3) is 6.08 Å². The van der Waals surface area contributed by atoms with Crippen molar-refractivity contribution in [2.75, 3.05) is 21.2 Å². The number of nitriles is 1. The van der Waals surface area contributed by atoms with Crippen molar-refractivity contribution in [1.82, 2.24) is 4.90 Å². The van der Waals surface area contributed by atoms with Gasteiger partial charge in [-0.05, 0) is 29.8 Å². The summed E-state index contributed by atoms with van der Waals surface area (Å²) < 4.78 is 24.7. The van der Waals surface area contributed by atoms with Gasteiger partial charge in [0.1, 0.15) is 24.1 Å². The van der Waals surface area contributed by atoms with Crippen LogP contribution in [0.3, 0.4) is 0 Å². The highest BCUT2D eigenvalue weighted by atomic mass is 35.5. The number of benzene rings is 2. The maximum atomic E-state index is 13.7. The fourth-order valence-electron chi connectivity index (χ4n) is 2.28. The highest BCUT2D eigenvalue weighted by molar-refractivity contribution is 6.32. The molecule has 5 nitrogen and oxygen atoms in total. The van der Waals surface area contributed by atoms with E-state index in [0.717, 1.165) is 0 Å². The molecule has 2 aromatic rings. The van der Waals surface area contributed by atoms with Crippen LogP contribution in [0.15, 0.2) is 42.0 Å². The molecule has 1 amide bonds. The maximum absolute atomic E-state index is 13.7. The Labute approximate surface area is 162 Å². The van der Waals surface area contributed by atoms with Crippen LogP contribution in [0.4, 0.5) is 4.39 Å². The van der Waals surface area contributed by atoms with Gasteiger partial charge in [0.2, 0.25) is 0 Å². The first kappa shape index (κ1) is 20.3. The molecule has 0 aliphatic rings. The second kappa shape index (κ2) is 9.06. The summed E-state index contributed by atoms with van der Waals surface area (Å²) in [6.45, 7) is -0.0273. The molecule has 0 aliphatic heterocycles. The van der Waals surface area contributed by atoms with Crippen molar-refractivity contribution in [3.8, 4) is 17.6 Å². The Morgan fingerprint density at radius 2 is 2.04 bits per heavy atom. The lowest BCUT2D eigenvalue weighted by atomic mass is 10.1. The van der Waals surface area contributed by atoms with Gasteiger partial charge in [-0.15, -0.1) is 0 Å². The summed E-state index contributed by atoms with van der Waals surface area (Å²) in [6.07, 6.45) is 1.41. The topological polar surface area (TPSA) is 62.6 Å². The molecule has 0 bridgehead atoms. The van der Waals surface area contributed by atoms with Crippen molar-refractivity contribution < 1.29 is 18.7 Å². The Morgan fingerprint density at radius 1 is 1.33 bits per heavy atom. The van der Waals surface area contributed by atoms with Crippen LogP contribution in [0, 0.1) is 17.1 Å². The third-order valence-corrected chi connectivity index (χ3v) is 3.93. The molecule has 140 valence electrons. The van der Waals surface area contributed by atoms with E-state index in [0.29, 0.717) is 16.9 Å². The number of hydrogen-bond acceptors (Lipinski definition) is 4. The van der Waals surface area contributed by atoms with Crippen molar-refractivity contribution in [3.05, 3.63) is 63.9 Å². The third kappa shape index (κ3) is 4.99. The molecular weight excluding hydrogens is 371 g/mol. The van der Waals surface area contributed by atoms with Crippen molar-refractivity contribution in [3.63, 3.8) is 0 Å². The minimum Gasteiger partial charge on any atom is -0.493 e. The lowest BCUT2D eigenvalue weighted by molar-refractivity contribution is -0.124. The van der Waals surface area contributed by atoms with Gasteiger partial charge < -0.3 is 14.4 Å². The normalized spacial score (nSPS) is 10.9. The monoisotopic (exact) mass is 388 g/mol. The molecule has 0 saturated heterocycles. The fourth-order valence-corrected chi connectivity index (χ4v) is 2.55. The maximum Gasteiger partial charge on any atom is 0.264 e. The number of likely N-dealkylation sites (N-methyl/N-ethyl adjacent to an activating group) is 1. The lowest BCUT2D eigenvalue weighted by Gasteiger charge is -2.14. The van der Waals surface area contributed by atoms with E-state index in [2.05, 4.69) is 0 Å². The Balaban J connectivity index is 2.33. The zero-order valence-electron chi connectivity index (χ0n) is 15.1. The molecule has 0 fully saturated rings. The number of halogens is 2. The lowest BCUT2D eigenvalue weighted by Crippen LogP contribution is -2.22. The number of ether oxygens (including phenoxy) is 2. The average molecular weight is 389 g/mol. The van der Waals surface area contributed by atoms with E-state index in [1.54, 1.807) is 44.4 Å². The number of amides is 1. The number of rotatable bonds is 6. The van der Waals surface area contributed by atoms with Gasteiger partial charge in [0, 0.05) is 19.7 Å². The first-order valence-corrected chi connectivity index (χ1v) is 8.32. The number of methoxy groups -OCH3 is 1. The van der Waals surface area contributed by atoms with Crippen molar-refractivity contribution in [2.24, 2.45) is 0 Å². The van der Waals surface area contributed by atoms with Gasteiger partial charge >= 0.3 is 0 Å². The minimum atomic E-state index is -0.424. The van der Waals surface area contributed by atoms with Crippen molar-refractivity contribution in [2.45, 2.75) is 6.61 Å². The first-order chi connectivity index (χ1) is 12.9. The second-order valence-corrected chi connectivity index (χ2v) is 6.19. The number of hydrogen-bond donors (Lipinski definition) is 0. The zero-order valence-corrected chi connectivity index (χ0v) is 15.9. The molecule has 27 heavy (non-hydrogen) atoms. The number of carbonyl (C=O) groups excluding carboxylic acids is 1. The Kier molecular flexibility index (Phi) is 6.80. The van der Waals surface area contributed by atoms with Gasteiger partial charge in [0.15, 0.2) is 11.5 Å². The van der Waals surface area contributed by atoms with Gasteiger partial charge in [0.05, 0.1) is 12.1 Å². The van der Waals surface area contributed by atoms with E-state index in [9.17, 15) is 14.4 Å². The molecule has 0 unspecified atom stereocenters. The van der Waals surface area contributed by atoms with Crippen LogP contribution in [0.2, 0.25) is 5.02 Å². The SMILES string of the molecule is COc1cc(/C=C(/C#N)C(=O)N(C)C)cc(Cl)c1OCc1ccccc1F. The highest BCUT2D eigenvalue weighted by Crippen LogP contribution is 2.37. The third-order valence-electron chi connectivity index (χ3n) is 3.65. The molecule has 0 aliphatic carbocycles. The summed E-state index contributed by atoms with van der Waals surface area (Å²) in [5.41, 5.74) is 0.836. The standard InChI is InChI=1S/C20H18ClFN2O3/c1-24(2)20(25)15(11-23)8-13-9-16(21)19(18(10-13)26-3)27-12-14-6-4-5-7-17(14)22/h4-10H,12H2,1-3H3/b15-8-. The second-order valence-electron chi connectivity index (χ2n) is 5.78. The zero-order chi connectivity index (χ0) is 20.0. The number of nitrogens with zero attached hydrogens (tertiary/aromatic N) is 2. The Morgan fingerprint density at radius 3 is 2.63 bits per heavy atom. The average Bonchev–Trinajstić information content (AvgIpc) is 2.65. The van der Waals surface area contributed by atoms with Crippen molar-refractivity contribution >= 4 is 23.6 Å². The van der Waals surface area contributed by atoms with Gasteiger partial charge in [0.25, 0.3) is 5.91 Å². The molecule has 0 saturated carbocycles. The van der Waals surface area contributed by atoms with Crippen LogP contribution < -0.4 is 9.47 Å². The predicted molar refractivity (Wildman–Crippen MR) is 101 cm³/mol. The molecule has 0 N–H and O–H groups in total. The Bertz CT molecular complexity index is 920. The van der Waals surface area contributed by atoms with Crippen LogP contribution in [0.1, 0.15) is 11.1 Å². The molecule has 0 radical (unpaired) electrons. The summed E-state index contributed by atoms with van der Waals surface area (Å²) in [5, 5.41) is 9.42. The summed E-state index contributed by atoms with van der Waals surface area (Å²) in [7, 11) is 4.55. The van der Waals surface area contributed by atoms with Gasteiger partial charge in [-0.3, -0.25) is 4.79 Å². The van der Waals surface area contributed by atoms with E-state index < -0.39 is 5.91 Å². The van der Waals surface area contributed by atoms with E-state index in [1.807, 2.05) is 6.07 Å². The fraction of sp³-hybridized carbons (Fsp3) is 0.200. The van der Waals surface area contributed by atoms with Crippen LogP contribution in [0.5, 0.6) is 11.5 Å². The summed E-state index contributed by atoms with van der Waals surface area (Å²) >= 11 is 6.28. The Hall–Kier alpha value is -3.04. The van der Waals surface area contributed by atoms with Crippen molar-refractivity contribution in [1.29, 1.82) is 5.26 Å². The first-order valence-electron chi connectivity index (χ1n) is 7.94. The van der Waals surface area contributed by atoms with Gasteiger partial charge in [-0.2, -0.15) is 5.26 Å². The molecular formula is C20H18ClFN2O3. The van der Waals surface area contributed by atoms with E-state index in [-0.39, 0.29) is 28.8 Å². The molecule has 2 aromatic carbocycles. The van der Waals surface area contributed by atoms with Crippen LogP contribution >= 0.6 is 11.6 Å². The quantitative estimate of drug-likeness (QED) is 0.553. The summed E-state index contributed by atoms with van der Waals surface area (Å²) in [5.74, 6) is -0.253. The van der Waals surface area contributed by atoms with Gasteiger partial charge in [-0.25, -0.2) is 4.39 Å². The van der Waals surface area contributed by atoms with E-state index in [1.165, 1.54) is 24.2 Å². The van der Waals surface area contributed by atoms with E-state index in [4.69, 9.17) is 21.1 Å².